The van der Waals surface area contributed by atoms with Crippen molar-refractivity contribution >= 4 is 23.2 Å². The zero-order chi connectivity index (χ0) is 18.7. The number of rotatable bonds is 4. The third kappa shape index (κ3) is 4.18. The number of hydrogen-bond acceptors (Lipinski definition) is 3. The van der Waals surface area contributed by atoms with Crippen LogP contribution in [0.25, 0.3) is 11.3 Å². The van der Waals surface area contributed by atoms with Crippen LogP contribution in [0, 0.1) is 13.8 Å². The third-order valence-electron chi connectivity index (χ3n) is 4.00. The van der Waals surface area contributed by atoms with Gasteiger partial charge in [-0.2, -0.15) is 0 Å². The Bertz CT molecular complexity index is 1010. The number of hydrogen-bond donors (Lipinski definition) is 1. The molecule has 1 N–H and O–H groups in total. The molecule has 0 aliphatic carbocycles. The van der Waals surface area contributed by atoms with E-state index < -0.39 is 0 Å². The van der Waals surface area contributed by atoms with E-state index in [0.29, 0.717) is 10.7 Å². The highest BCUT2D eigenvalue weighted by molar-refractivity contribution is 6.30. The van der Waals surface area contributed by atoms with Crippen molar-refractivity contribution in [3.05, 3.63) is 81.4 Å². The smallest absolute Gasteiger partial charge is 0.254 e. The molecule has 1 aromatic heterocycles. The molecule has 5 nitrogen and oxygen atoms in total. The molecule has 26 heavy (non-hydrogen) atoms. The topological polar surface area (TPSA) is 64.0 Å². The minimum Gasteiger partial charge on any atom is -0.324 e. The number of carbonyl (C=O) groups excluding carboxylic acids is 1. The molecule has 0 bridgehead atoms. The monoisotopic (exact) mass is 367 g/mol. The molecular formula is C20H18ClN3O2. The van der Waals surface area contributed by atoms with Crippen LogP contribution in [0.5, 0.6) is 0 Å². The lowest BCUT2D eigenvalue weighted by Gasteiger charge is -2.10. The second-order valence-electron chi connectivity index (χ2n) is 6.11. The van der Waals surface area contributed by atoms with Gasteiger partial charge in [-0.1, -0.05) is 35.9 Å². The second kappa shape index (κ2) is 7.54. The van der Waals surface area contributed by atoms with E-state index in [2.05, 4.69) is 10.3 Å². The Balaban J connectivity index is 1.75. The number of anilines is 1. The number of halogens is 1. The quantitative estimate of drug-likeness (QED) is 0.762. The van der Waals surface area contributed by atoms with Gasteiger partial charge in [0.05, 0.1) is 12.0 Å². The van der Waals surface area contributed by atoms with Gasteiger partial charge in [0, 0.05) is 22.3 Å². The maximum absolute atomic E-state index is 12.3. The standard InChI is InChI=1S/C20H18ClN3O2/c1-13-3-4-14(2)17(9-13)23-19(25)11-24-12-22-18(10-20(24)26)15-5-7-16(21)8-6-15/h3-10,12H,11H2,1-2H3,(H,23,25). The van der Waals surface area contributed by atoms with Crippen LogP contribution in [0.3, 0.4) is 0 Å². The number of aryl methyl sites for hydroxylation is 2. The van der Waals surface area contributed by atoms with E-state index in [9.17, 15) is 9.59 Å². The molecule has 1 amide bonds. The van der Waals surface area contributed by atoms with Gasteiger partial charge in [-0.25, -0.2) is 4.98 Å². The van der Waals surface area contributed by atoms with Crippen LogP contribution < -0.4 is 10.9 Å². The molecule has 2 aromatic carbocycles. The fourth-order valence-electron chi connectivity index (χ4n) is 2.54. The van der Waals surface area contributed by atoms with Crippen molar-refractivity contribution < 1.29 is 4.79 Å². The Morgan fingerprint density at radius 3 is 2.54 bits per heavy atom. The predicted octanol–water partition coefficient (Wildman–Crippen LogP) is 3.82. The molecule has 0 radical (unpaired) electrons. The highest BCUT2D eigenvalue weighted by Gasteiger charge is 2.09. The summed E-state index contributed by atoms with van der Waals surface area (Å²) in [5.41, 5.74) is 3.80. The summed E-state index contributed by atoms with van der Waals surface area (Å²) >= 11 is 5.87. The molecule has 3 aromatic rings. The van der Waals surface area contributed by atoms with E-state index in [4.69, 9.17) is 11.6 Å². The summed E-state index contributed by atoms with van der Waals surface area (Å²) in [6.45, 7) is 3.78. The first kappa shape index (κ1) is 17.9. The molecule has 0 aliphatic heterocycles. The minimum absolute atomic E-state index is 0.0971. The van der Waals surface area contributed by atoms with Gasteiger partial charge in [-0.05, 0) is 43.2 Å². The molecule has 0 fully saturated rings. The summed E-state index contributed by atoms with van der Waals surface area (Å²) in [7, 11) is 0. The fraction of sp³-hybridized carbons (Fsp3) is 0.150. The van der Waals surface area contributed by atoms with Crippen LogP contribution in [0.1, 0.15) is 11.1 Å². The summed E-state index contributed by atoms with van der Waals surface area (Å²) in [6, 6.07) is 14.3. The molecule has 0 unspecified atom stereocenters. The average Bonchev–Trinajstić information content (AvgIpc) is 2.60. The van der Waals surface area contributed by atoms with Crippen LogP contribution in [-0.4, -0.2) is 15.5 Å². The number of amides is 1. The number of benzene rings is 2. The van der Waals surface area contributed by atoms with E-state index >= 15 is 0 Å². The van der Waals surface area contributed by atoms with Gasteiger partial charge in [0.25, 0.3) is 5.56 Å². The maximum atomic E-state index is 12.3. The molecule has 0 spiro atoms. The summed E-state index contributed by atoms with van der Waals surface area (Å²) in [5, 5.41) is 3.45. The Morgan fingerprint density at radius 2 is 1.85 bits per heavy atom. The first-order chi connectivity index (χ1) is 12.4. The highest BCUT2D eigenvalue weighted by Crippen LogP contribution is 2.18. The van der Waals surface area contributed by atoms with Gasteiger partial charge in [0.15, 0.2) is 0 Å². The Kier molecular flexibility index (Phi) is 5.19. The van der Waals surface area contributed by atoms with E-state index in [1.54, 1.807) is 24.3 Å². The van der Waals surface area contributed by atoms with Gasteiger partial charge in [-0.15, -0.1) is 0 Å². The van der Waals surface area contributed by atoms with E-state index in [1.807, 2.05) is 32.0 Å². The van der Waals surface area contributed by atoms with Crippen LogP contribution in [-0.2, 0) is 11.3 Å². The largest absolute Gasteiger partial charge is 0.324 e. The second-order valence-corrected chi connectivity index (χ2v) is 6.55. The van der Waals surface area contributed by atoms with E-state index in [-0.39, 0.29) is 18.0 Å². The van der Waals surface area contributed by atoms with E-state index in [0.717, 1.165) is 22.4 Å². The Labute approximate surface area is 156 Å². The van der Waals surface area contributed by atoms with Crippen molar-refractivity contribution in [2.45, 2.75) is 20.4 Å². The van der Waals surface area contributed by atoms with Crippen LogP contribution >= 0.6 is 11.6 Å². The molecule has 3 rings (SSSR count). The van der Waals surface area contributed by atoms with Crippen molar-refractivity contribution in [1.82, 2.24) is 9.55 Å². The van der Waals surface area contributed by atoms with Gasteiger partial charge in [0.2, 0.25) is 5.91 Å². The summed E-state index contributed by atoms with van der Waals surface area (Å²) in [6.07, 6.45) is 1.38. The minimum atomic E-state index is -0.291. The number of nitrogens with one attached hydrogen (secondary N) is 1. The van der Waals surface area contributed by atoms with Crippen molar-refractivity contribution in [3.8, 4) is 11.3 Å². The lowest BCUT2D eigenvalue weighted by atomic mass is 10.1. The predicted molar refractivity (Wildman–Crippen MR) is 103 cm³/mol. The molecule has 132 valence electrons. The first-order valence-electron chi connectivity index (χ1n) is 8.12. The molecular weight excluding hydrogens is 350 g/mol. The normalized spacial score (nSPS) is 10.6. The molecule has 0 saturated carbocycles. The van der Waals surface area contributed by atoms with Gasteiger partial charge < -0.3 is 5.32 Å². The maximum Gasteiger partial charge on any atom is 0.254 e. The van der Waals surface area contributed by atoms with Crippen LogP contribution in [0.15, 0.2) is 59.7 Å². The summed E-state index contributed by atoms with van der Waals surface area (Å²) in [5.74, 6) is -0.276. The van der Waals surface area contributed by atoms with Crippen molar-refractivity contribution in [2.24, 2.45) is 0 Å². The highest BCUT2D eigenvalue weighted by atomic mass is 35.5. The molecule has 0 atom stereocenters. The first-order valence-corrected chi connectivity index (χ1v) is 8.50. The summed E-state index contributed by atoms with van der Waals surface area (Å²) < 4.78 is 1.28. The number of aromatic nitrogens is 2. The van der Waals surface area contributed by atoms with Crippen LogP contribution in [0.4, 0.5) is 5.69 Å². The average molecular weight is 368 g/mol. The lowest BCUT2D eigenvalue weighted by molar-refractivity contribution is -0.116. The Hall–Kier alpha value is -2.92. The van der Waals surface area contributed by atoms with Crippen molar-refractivity contribution in [3.63, 3.8) is 0 Å². The van der Waals surface area contributed by atoms with Crippen molar-refractivity contribution in [1.29, 1.82) is 0 Å². The summed E-state index contributed by atoms with van der Waals surface area (Å²) in [4.78, 5) is 28.9. The van der Waals surface area contributed by atoms with Gasteiger partial charge in [-0.3, -0.25) is 14.2 Å². The number of nitrogens with zero attached hydrogens (tertiary/aromatic N) is 2. The molecule has 6 heteroatoms. The molecule has 0 aliphatic rings. The fourth-order valence-corrected chi connectivity index (χ4v) is 2.66. The zero-order valence-corrected chi connectivity index (χ0v) is 15.2. The lowest BCUT2D eigenvalue weighted by Crippen LogP contribution is -2.27. The van der Waals surface area contributed by atoms with Crippen molar-refractivity contribution in [2.75, 3.05) is 5.32 Å². The number of carbonyl (C=O) groups is 1. The SMILES string of the molecule is Cc1ccc(C)c(NC(=O)Cn2cnc(-c3ccc(Cl)cc3)cc2=O)c1. The Morgan fingerprint density at radius 1 is 1.12 bits per heavy atom. The van der Waals surface area contributed by atoms with Gasteiger partial charge >= 0.3 is 0 Å². The van der Waals surface area contributed by atoms with Gasteiger partial charge in [0.1, 0.15) is 6.54 Å². The molecule has 0 saturated heterocycles. The zero-order valence-electron chi connectivity index (χ0n) is 14.5. The van der Waals surface area contributed by atoms with E-state index in [1.165, 1.54) is 17.0 Å². The van der Waals surface area contributed by atoms with Crippen LogP contribution in [0.2, 0.25) is 5.02 Å². The third-order valence-corrected chi connectivity index (χ3v) is 4.25. The molecule has 1 heterocycles.